The number of hydrogen-bond donors (Lipinski definition) is 1. The average Bonchev–Trinajstić information content (AvgIpc) is 2.91. The molecule has 0 fully saturated rings. The number of benzene rings is 2. The number of fused-ring (bicyclic) bond motifs is 1. The lowest BCUT2D eigenvalue weighted by molar-refractivity contribution is 0.436. The molecule has 0 saturated heterocycles. The lowest BCUT2D eigenvalue weighted by atomic mass is 10.1. The van der Waals surface area contributed by atoms with E-state index in [2.05, 4.69) is 10.2 Å². The molecule has 110 valence electrons. The van der Waals surface area contributed by atoms with Crippen LogP contribution in [0.5, 0.6) is 11.5 Å². The van der Waals surface area contributed by atoms with Crippen molar-refractivity contribution in [3.8, 4) is 11.5 Å². The summed E-state index contributed by atoms with van der Waals surface area (Å²) in [5.41, 5.74) is 1.71. The van der Waals surface area contributed by atoms with Crippen LogP contribution in [0.25, 0.3) is 10.9 Å². The molecule has 3 rings (SSSR count). The predicted molar refractivity (Wildman–Crippen MR) is 78.6 cm³/mol. The Morgan fingerprint density at radius 1 is 1.05 bits per heavy atom. The van der Waals surface area contributed by atoms with Gasteiger partial charge in [-0.1, -0.05) is 13.8 Å². The summed E-state index contributed by atoms with van der Waals surface area (Å²) in [5.74, 6) is -0.856. The molecule has 0 spiro atoms. The molecule has 3 nitrogen and oxygen atoms in total. The molecule has 21 heavy (non-hydrogen) atoms. The number of rotatable bonds is 2. The van der Waals surface area contributed by atoms with Gasteiger partial charge in [-0.3, -0.25) is 5.10 Å². The number of ether oxygens (including phenoxy) is 1. The van der Waals surface area contributed by atoms with Crippen molar-refractivity contribution in [3.05, 3.63) is 53.7 Å². The van der Waals surface area contributed by atoms with Crippen molar-refractivity contribution < 1.29 is 13.5 Å². The Kier molecular flexibility index (Phi) is 4.52. The molecule has 0 aliphatic carbocycles. The van der Waals surface area contributed by atoms with Crippen LogP contribution in [0, 0.1) is 18.6 Å². The standard InChI is InChI=1S/C14H10F2N2O.C2H6/c1-8-4-12-9(7-17-18-12)5-14(8)19-13-3-2-10(15)6-11(13)16;1-2/h2-7H,1H3,(H,17,18);1-2H3. The monoisotopic (exact) mass is 290 g/mol. The van der Waals surface area contributed by atoms with E-state index in [0.717, 1.165) is 28.6 Å². The molecule has 0 saturated carbocycles. The Hall–Kier alpha value is -2.43. The zero-order chi connectivity index (χ0) is 15.4. The molecule has 1 N–H and O–H groups in total. The molecule has 0 unspecified atom stereocenters. The number of aromatic nitrogens is 2. The van der Waals surface area contributed by atoms with Gasteiger partial charge in [0.05, 0.1) is 11.7 Å². The van der Waals surface area contributed by atoms with Crippen LogP contribution >= 0.6 is 0 Å². The Bertz CT molecular complexity index is 753. The highest BCUT2D eigenvalue weighted by atomic mass is 19.1. The molecule has 1 heterocycles. The number of H-pyrrole nitrogens is 1. The van der Waals surface area contributed by atoms with Crippen LogP contribution < -0.4 is 4.74 Å². The maximum Gasteiger partial charge on any atom is 0.168 e. The van der Waals surface area contributed by atoms with E-state index >= 15 is 0 Å². The Balaban J connectivity index is 0.000000774. The van der Waals surface area contributed by atoms with Crippen LogP contribution in [-0.2, 0) is 0 Å². The van der Waals surface area contributed by atoms with Crippen LogP contribution in [0.15, 0.2) is 36.5 Å². The van der Waals surface area contributed by atoms with Gasteiger partial charge < -0.3 is 4.74 Å². The maximum atomic E-state index is 13.5. The van der Waals surface area contributed by atoms with E-state index < -0.39 is 11.6 Å². The molecule has 0 amide bonds. The fourth-order valence-electron chi connectivity index (χ4n) is 1.87. The van der Waals surface area contributed by atoms with Gasteiger partial charge in [0, 0.05) is 11.5 Å². The minimum atomic E-state index is -0.730. The smallest absolute Gasteiger partial charge is 0.168 e. The highest BCUT2D eigenvalue weighted by Crippen LogP contribution is 2.30. The highest BCUT2D eigenvalue weighted by molar-refractivity contribution is 5.80. The first-order chi connectivity index (χ1) is 10.1. The summed E-state index contributed by atoms with van der Waals surface area (Å²) in [6.45, 7) is 5.84. The van der Waals surface area contributed by atoms with Crippen LogP contribution in [0.3, 0.4) is 0 Å². The fraction of sp³-hybridized carbons (Fsp3) is 0.188. The lowest BCUT2D eigenvalue weighted by Crippen LogP contribution is -1.91. The zero-order valence-corrected chi connectivity index (χ0v) is 12.1. The van der Waals surface area contributed by atoms with Crippen molar-refractivity contribution in [2.75, 3.05) is 0 Å². The second kappa shape index (κ2) is 6.35. The quantitative estimate of drug-likeness (QED) is 0.723. The van der Waals surface area contributed by atoms with E-state index in [0.29, 0.717) is 5.75 Å². The number of nitrogens with one attached hydrogen (secondary N) is 1. The summed E-state index contributed by atoms with van der Waals surface area (Å²) >= 11 is 0. The molecule has 0 aliphatic heterocycles. The third-order valence-electron chi connectivity index (χ3n) is 2.85. The van der Waals surface area contributed by atoms with Crippen molar-refractivity contribution in [1.82, 2.24) is 10.2 Å². The highest BCUT2D eigenvalue weighted by Gasteiger charge is 2.09. The Labute approximate surface area is 121 Å². The molecule has 0 radical (unpaired) electrons. The summed E-state index contributed by atoms with van der Waals surface area (Å²) in [7, 11) is 0. The Morgan fingerprint density at radius 2 is 1.81 bits per heavy atom. The largest absolute Gasteiger partial charge is 0.454 e. The van der Waals surface area contributed by atoms with E-state index in [-0.39, 0.29) is 5.75 Å². The van der Waals surface area contributed by atoms with Gasteiger partial charge in [-0.2, -0.15) is 5.10 Å². The minimum absolute atomic E-state index is 0.00709. The molecule has 0 bridgehead atoms. The van der Waals surface area contributed by atoms with Gasteiger partial charge in [0.15, 0.2) is 11.6 Å². The fourth-order valence-corrected chi connectivity index (χ4v) is 1.87. The van der Waals surface area contributed by atoms with Crippen molar-refractivity contribution >= 4 is 10.9 Å². The molecule has 5 heteroatoms. The third kappa shape index (κ3) is 3.18. The van der Waals surface area contributed by atoms with Crippen molar-refractivity contribution in [2.24, 2.45) is 0 Å². The summed E-state index contributed by atoms with van der Waals surface area (Å²) in [6.07, 6.45) is 1.66. The predicted octanol–water partition coefficient (Wildman–Crippen LogP) is 4.97. The lowest BCUT2D eigenvalue weighted by Gasteiger charge is -2.09. The normalized spacial score (nSPS) is 10.1. The summed E-state index contributed by atoms with van der Waals surface area (Å²) < 4.78 is 31.9. The van der Waals surface area contributed by atoms with Gasteiger partial charge in [-0.15, -0.1) is 0 Å². The van der Waals surface area contributed by atoms with Gasteiger partial charge in [-0.05, 0) is 36.8 Å². The summed E-state index contributed by atoms with van der Waals surface area (Å²) in [5, 5.41) is 7.62. The van der Waals surface area contributed by atoms with E-state index in [9.17, 15) is 8.78 Å². The van der Waals surface area contributed by atoms with Crippen LogP contribution in [0.2, 0.25) is 0 Å². The van der Waals surface area contributed by atoms with Gasteiger partial charge >= 0.3 is 0 Å². The topological polar surface area (TPSA) is 37.9 Å². The molecule has 0 aliphatic rings. The third-order valence-corrected chi connectivity index (χ3v) is 2.85. The SMILES string of the molecule is CC.Cc1cc2[nH]ncc2cc1Oc1ccc(F)cc1F. The number of aryl methyl sites for hydroxylation is 1. The van der Waals surface area contributed by atoms with E-state index in [1.54, 1.807) is 12.3 Å². The second-order valence-electron chi connectivity index (χ2n) is 4.25. The first-order valence-electron chi connectivity index (χ1n) is 6.70. The number of halogens is 2. The molecule has 0 atom stereocenters. The number of nitrogens with zero attached hydrogens (tertiary/aromatic N) is 1. The van der Waals surface area contributed by atoms with Gasteiger partial charge in [-0.25, -0.2) is 8.78 Å². The maximum absolute atomic E-state index is 13.5. The van der Waals surface area contributed by atoms with Gasteiger partial charge in [0.2, 0.25) is 0 Å². The molecule has 3 aromatic rings. The first kappa shape index (κ1) is 15.0. The summed E-state index contributed by atoms with van der Waals surface area (Å²) in [4.78, 5) is 0. The molecule has 1 aromatic heterocycles. The second-order valence-corrected chi connectivity index (χ2v) is 4.25. The van der Waals surface area contributed by atoms with Crippen molar-refractivity contribution in [2.45, 2.75) is 20.8 Å². The molecule has 2 aromatic carbocycles. The minimum Gasteiger partial charge on any atom is -0.454 e. The molecular formula is C16H16F2N2O. The number of aromatic amines is 1. The van der Waals surface area contributed by atoms with E-state index in [1.807, 2.05) is 26.8 Å². The Morgan fingerprint density at radius 3 is 2.52 bits per heavy atom. The van der Waals surface area contributed by atoms with Gasteiger partial charge in [0.1, 0.15) is 11.6 Å². The van der Waals surface area contributed by atoms with Crippen LogP contribution in [-0.4, -0.2) is 10.2 Å². The van der Waals surface area contributed by atoms with Crippen LogP contribution in [0.4, 0.5) is 8.78 Å². The van der Waals surface area contributed by atoms with Crippen molar-refractivity contribution in [3.63, 3.8) is 0 Å². The van der Waals surface area contributed by atoms with Gasteiger partial charge in [0.25, 0.3) is 0 Å². The average molecular weight is 290 g/mol. The number of hydrogen-bond acceptors (Lipinski definition) is 2. The van der Waals surface area contributed by atoms with Crippen molar-refractivity contribution in [1.29, 1.82) is 0 Å². The van der Waals surface area contributed by atoms with E-state index in [4.69, 9.17) is 4.74 Å². The molecular weight excluding hydrogens is 274 g/mol. The first-order valence-corrected chi connectivity index (χ1v) is 6.70. The van der Waals surface area contributed by atoms with E-state index in [1.165, 1.54) is 6.07 Å². The zero-order valence-electron chi connectivity index (χ0n) is 12.1. The summed E-state index contributed by atoms with van der Waals surface area (Å²) in [6, 6.07) is 6.84. The van der Waals surface area contributed by atoms with Crippen LogP contribution in [0.1, 0.15) is 19.4 Å².